The van der Waals surface area contributed by atoms with Crippen LogP contribution in [0.15, 0.2) is 29.4 Å². The van der Waals surface area contributed by atoms with Gasteiger partial charge >= 0.3 is 0 Å². The Hall–Kier alpha value is -2.92. The Kier molecular flexibility index (Phi) is 4.31. The van der Waals surface area contributed by atoms with E-state index in [0.29, 0.717) is 10.9 Å². The monoisotopic (exact) mass is 363 g/mol. The number of nitriles is 1. The van der Waals surface area contributed by atoms with Gasteiger partial charge in [-0.3, -0.25) is 5.10 Å². The Morgan fingerprint density at radius 1 is 1.19 bits per heavy atom. The van der Waals surface area contributed by atoms with E-state index in [1.807, 2.05) is 38.1 Å². The first-order valence-corrected chi connectivity index (χ1v) is 9.30. The van der Waals surface area contributed by atoms with Gasteiger partial charge in [0.25, 0.3) is 0 Å². The van der Waals surface area contributed by atoms with E-state index in [4.69, 9.17) is 10.2 Å². The molecule has 0 bridgehead atoms. The fraction of sp³-hybridized carbons (Fsp3) is 0.278. The number of H-pyrrole nitrogens is 1. The molecular weight excluding hydrogens is 346 g/mol. The highest BCUT2D eigenvalue weighted by Crippen LogP contribution is 2.24. The number of benzene rings is 1. The molecule has 7 nitrogen and oxygen atoms in total. The predicted molar refractivity (Wildman–Crippen MR) is 100 cm³/mol. The Morgan fingerprint density at radius 3 is 2.81 bits per heavy atom. The van der Waals surface area contributed by atoms with Crippen LogP contribution >= 0.6 is 11.8 Å². The summed E-state index contributed by atoms with van der Waals surface area (Å²) in [4.78, 5) is 9.40. The third kappa shape index (κ3) is 2.91. The second-order valence-corrected chi connectivity index (χ2v) is 6.98. The molecular formula is C18H17N7S. The number of aromatic nitrogens is 6. The van der Waals surface area contributed by atoms with Gasteiger partial charge in [-0.15, -0.1) is 5.10 Å². The lowest BCUT2D eigenvalue weighted by molar-refractivity contribution is 0.768. The van der Waals surface area contributed by atoms with Crippen molar-refractivity contribution in [2.24, 2.45) is 0 Å². The van der Waals surface area contributed by atoms with Crippen LogP contribution in [0, 0.1) is 25.2 Å². The second-order valence-electron chi connectivity index (χ2n) is 6.03. The Morgan fingerprint density at radius 2 is 2.04 bits per heavy atom. The number of hydrogen-bond donors (Lipinski definition) is 1. The summed E-state index contributed by atoms with van der Waals surface area (Å²) in [7, 11) is 0. The van der Waals surface area contributed by atoms with Crippen molar-refractivity contribution in [2.45, 2.75) is 31.8 Å². The number of nitrogens with one attached hydrogen (secondary N) is 1. The molecule has 26 heavy (non-hydrogen) atoms. The average Bonchev–Trinajstić information content (AvgIpc) is 3.22. The molecule has 3 heterocycles. The van der Waals surface area contributed by atoms with Gasteiger partial charge in [0.1, 0.15) is 0 Å². The molecule has 0 saturated heterocycles. The van der Waals surface area contributed by atoms with E-state index in [0.717, 1.165) is 46.6 Å². The van der Waals surface area contributed by atoms with Crippen molar-refractivity contribution in [3.63, 3.8) is 0 Å². The first-order valence-electron chi connectivity index (χ1n) is 8.32. The first-order chi connectivity index (χ1) is 12.7. The summed E-state index contributed by atoms with van der Waals surface area (Å²) in [5.74, 6) is 1.09. The maximum Gasteiger partial charge on any atom is 0.192 e. The molecule has 0 saturated carbocycles. The van der Waals surface area contributed by atoms with Crippen LogP contribution in [0.1, 0.15) is 22.8 Å². The van der Waals surface area contributed by atoms with Gasteiger partial charge < -0.3 is 0 Å². The molecule has 0 fully saturated rings. The lowest BCUT2D eigenvalue weighted by Crippen LogP contribution is -1.99. The zero-order valence-corrected chi connectivity index (χ0v) is 15.3. The van der Waals surface area contributed by atoms with Crippen molar-refractivity contribution >= 4 is 28.3 Å². The lowest BCUT2D eigenvalue weighted by Gasteiger charge is -2.03. The van der Waals surface area contributed by atoms with Crippen molar-refractivity contribution in [3.05, 3.63) is 47.0 Å². The van der Waals surface area contributed by atoms with E-state index in [-0.39, 0.29) is 0 Å². The van der Waals surface area contributed by atoms with Crippen molar-refractivity contribution in [1.82, 2.24) is 29.8 Å². The number of para-hydroxylation sites is 1. The zero-order valence-electron chi connectivity index (χ0n) is 14.5. The van der Waals surface area contributed by atoms with Crippen molar-refractivity contribution < 1.29 is 0 Å². The van der Waals surface area contributed by atoms with Crippen LogP contribution < -0.4 is 0 Å². The van der Waals surface area contributed by atoms with E-state index in [1.165, 1.54) is 17.3 Å². The number of aromatic amines is 1. The predicted octanol–water partition coefficient (Wildman–Crippen LogP) is 3.02. The van der Waals surface area contributed by atoms with Gasteiger partial charge in [-0.05, 0) is 38.0 Å². The summed E-state index contributed by atoms with van der Waals surface area (Å²) in [5, 5.41) is 22.5. The zero-order chi connectivity index (χ0) is 18.1. The van der Waals surface area contributed by atoms with Gasteiger partial charge in [-0.1, -0.05) is 23.9 Å². The van der Waals surface area contributed by atoms with Gasteiger partial charge in [-0.2, -0.15) is 14.9 Å². The molecule has 1 aromatic carbocycles. The number of aryl methyl sites for hydroxylation is 3. The minimum absolute atomic E-state index is 0.322. The minimum Gasteiger partial charge on any atom is -0.282 e. The quantitative estimate of drug-likeness (QED) is 0.432. The summed E-state index contributed by atoms with van der Waals surface area (Å²) >= 11 is 1.37. The van der Waals surface area contributed by atoms with Crippen molar-refractivity contribution in [2.75, 3.05) is 5.75 Å². The lowest BCUT2D eigenvalue weighted by atomic mass is 10.1. The van der Waals surface area contributed by atoms with Crippen LogP contribution in [0.2, 0.25) is 0 Å². The molecule has 0 amide bonds. The Bertz CT molecular complexity index is 1120. The van der Waals surface area contributed by atoms with E-state index < -0.39 is 0 Å². The average molecular weight is 363 g/mol. The fourth-order valence-corrected chi connectivity index (χ4v) is 3.65. The number of nitrogens with zero attached hydrogens (tertiary/aromatic N) is 6. The van der Waals surface area contributed by atoms with E-state index >= 15 is 0 Å². The van der Waals surface area contributed by atoms with Gasteiger partial charge in [0, 0.05) is 17.5 Å². The molecule has 130 valence electrons. The van der Waals surface area contributed by atoms with Gasteiger partial charge in [0.05, 0.1) is 23.0 Å². The van der Waals surface area contributed by atoms with Crippen LogP contribution in [0.3, 0.4) is 0 Å². The SMILES string of the molecule is Cc1n[nH]c(C)c1CCc1nc2c3ccccc3nc(SCC#N)n2n1. The minimum atomic E-state index is 0.322. The van der Waals surface area contributed by atoms with Crippen LogP contribution in [-0.4, -0.2) is 35.5 Å². The summed E-state index contributed by atoms with van der Waals surface area (Å²) in [6.45, 7) is 4.03. The van der Waals surface area contributed by atoms with Gasteiger partial charge in [0.15, 0.2) is 16.6 Å². The van der Waals surface area contributed by atoms with Crippen LogP contribution in [0.4, 0.5) is 0 Å². The molecule has 4 aromatic rings. The summed E-state index contributed by atoms with van der Waals surface area (Å²) < 4.78 is 1.76. The number of fused-ring (bicyclic) bond motifs is 3. The fourth-order valence-electron chi connectivity index (χ4n) is 3.05. The largest absolute Gasteiger partial charge is 0.282 e. The molecule has 0 aliphatic carbocycles. The summed E-state index contributed by atoms with van der Waals surface area (Å²) in [5.41, 5.74) is 4.96. The topological polar surface area (TPSA) is 95.5 Å². The van der Waals surface area contributed by atoms with Crippen molar-refractivity contribution in [3.8, 4) is 6.07 Å². The Labute approximate surface area is 154 Å². The third-order valence-electron chi connectivity index (χ3n) is 4.34. The second kappa shape index (κ2) is 6.77. The standard InChI is InChI=1S/C18H17N7S/c1-11-13(12(2)23-22-11)7-8-16-21-17-14-5-3-4-6-15(14)20-18(25(17)24-16)26-10-9-19/h3-6H,7-8,10H2,1-2H3,(H,22,23). The van der Waals surface area contributed by atoms with Crippen LogP contribution in [0.25, 0.3) is 16.6 Å². The molecule has 3 aromatic heterocycles. The molecule has 8 heteroatoms. The highest BCUT2D eigenvalue weighted by molar-refractivity contribution is 7.99. The van der Waals surface area contributed by atoms with Crippen LogP contribution in [0.5, 0.6) is 0 Å². The Balaban J connectivity index is 1.75. The molecule has 4 rings (SSSR count). The molecule has 0 radical (unpaired) electrons. The van der Waals surface area contributed by atoms with Crippen LogP contribution in [-0.2, 0) is 12.8 Å². The molecule has 0 atom stereocenters. The number of thioether (sulfide) groups is 1. The highest BCUT2D eigenvalue weighted by Gasteiger charge is 2.15. The van der Waals surface area contributed by atoms with E-state index in [2.05, 4.69) is 26.3 Å². The van der Waals surface area contributed by atoms with Gasteiger partial charge in [-0.25, -0.2) is 9.97 Å². The molecule has 0 aliphatic rings. The van der Waals surface area contributed by atoms with E-state index in [9.17, 15) is 0 Å². The maximum absolute atomic E-state index is 8.91. The van der Waals surface area contributed by atoms with Crippen molar-refractivity contribution in [1.29, 1.82) is 5.26 Å². The molecule has 0 spiro atoms. The molecule has 0 aliphatic heterocycles. The van der Waals surface area contributed by atoms with E-state index in [1.54, 1.807) is 4.52 Å². The molecule has 0 unspecified atom stereocenters. The highest BCUT2D eigenvalue weighted by atomic mass is 32.2. The number of hydrogen-bond acceptors (Lipinski definition) is 6. The molecule has 1 N–H and O–H groups in total. The smallest absolute Gasteiger partial charge is 0.192 e. The summed E-state index contributed by atoms with van der Waals surface area (Å²) in [6.07, 6.45) is 1.55. The summed E-state index contributed by atoms with van der Waals surface area (Å²) in [6, 6.07) is 10.0. The number of rotatable bonds is 5. The van der Waals surface area contributed by atoms with Gasteiger partial charge in [0.2, 0.25) is 0 Å². The first kappa shape index (κ1) is 16.5. The maximum atomic E-state index is 8.91. The third-order valence-corrected chi connectivity index (χ3v) is 5.13. The normalized spacial score (nSPS) is 11.3.